The molecule has 1 aromatic heterocycles. The van der Waals surface area contributed by atoms with Crippen LogP contribution in [0.2, 0.25) is 0 Å². The van der Waals surface area contributed by atoms with Crippen LogP contribution in [0, 0.1) is 0 Å². The summed E-state index contributed by atoms with van der Waals surface area (Å²) in [7, 11) is 0. The maximum Gasteiger partial charge on any atom is 0.151 e. The van der Waals surface area contributed by atoms with Crippen molar-refractivity contribution in [3.63, 3.8) is 0 Å². The molecule has 0 aliphatic heterocycles. The number of nitrogens with zero attached hydrogens (tertiary/aromatic N) is 3. The van der Waals surface area contributed by atoms with Gasteiger partial charge in [-0.3, -0.25) is 4.57 Å². The highest BCUT2D eigenvalue weighted by atomic mass is 16.5. The third-order valence-electron chi connectivity index (χ3n) is 2.67. The van der Waals surface area contributed by atoms with Crippen LogP contribution < -0.4 is 5.73 Å². The molecule has 0 fully saturated rings. The van der Waals surface area contributed by atoms with Gasteiger partial charge in [-0.05, 0) is 19.1 Å². The van der Waals surface area contributed by atoms with Gasteiger partial charge in [-0.1, -0.05) is 18.2 Å². The van der Waals surface area contributed by atoms with Gasteiger partial charge in [-0.2, -0.15) is 0 Å². The van der Waals surface area contributed by atoms with Gasteiger partial charge < -0.3 is 10.5 Å². The van der Waals surface area contributed by atoms with Crippen molar-refractivity contribution in [1.82, 2.24) is 14.8 Å². The average Bonchev–Trinajstić information content (AvgIpc) is 2.83. The minimum atomic E-state index is 0.372. The molecule has 5 heteroatoms. The summed E-state index contributed by atoms with van der Waals surface area (Å²) in [5.74, 6) is 1.66. The molecule has 0 radical (unpaired) electrons. The fourth-order valence-electron chi connectivity index (χ4n) is 1.83. The van der Waals surface area contributed by atoms with E-state index in [1.807, 2.05) is 41.8 Å². The van der Waals surface area contributed by atoms with Crippen LogP contribution in [-0.2, 0) is 17.7 Å². The monoisotopic (exact) mass is 246 g/mol. The Morgan fingerprint density at radius 2 is 1.89 bits per heavy atom. The highest BCUT2D eigenvalue weighted by Crippen LogP contribution is 2.13. The largest absolute Gasteiger partial charge is 0.381 e. The van der Waals surface area contributed by atoms with E-state index in [2.05, 4.69) is 10.2 Å². The molecule has 0 saturated heterocycles. The summed E-state index contributed by atoms with van der Waals surface area (Å²) in [6.45, 7) is 3.71. The molecule has 0 spiro atoms. The fourth-order valence-corrected chi connectivity index (χ4v) is 1.83. The van der Waals surface area contributed by atoms with Crippen LogP contribution in [0.25, 0.3) is 5.69 Å². The van der Waals surface area contributed by atoms with Crippen molar-refractivity contribution in [3.05, 3.63) is 42.0 Å². The first kappa shape index (κ1) is 12.7. The molecule has 18 heavy (non-hydrogen) atoms. The summed E-state index contributed by atoms with van der Waals surface area (Å²) < 4.78 is 7.36. The van der Waals surface area contributed by atoms with E-state index in [1.165, 1.54) is 0 Å². The van der Waals surface area contributed by atoms with Crippen LogP contribution in [0.1, 0.15) is 18.6 Å². The number of hydrogen-bond donors (Lipinski definition) is 1. The molecule has 5 nitrogen and oxygen atoms in total. The summed E-state index contributed by atoms with van der Waals surface area (Å²) >= 11 is 0. The van der Waals surface area contributed by atoms with Crippen LogP contribution in [-0.4, -0.2) is 28.0 Å². The summed E-state index contributed by atoms with van der Waals surface area (Å²) in [5, 5.41) is 8.31. The Labute approximate surface area is 107 Å². The highest BCUT2D eigenvalue weighted by Gasteiger charge is 2.11. The second-order valence-corrected chi connectivity index (χ2v) is 3.85. The van der Waals surface area contributed by atoms with Crippen LogP contribution in [0.15, 0.2) is 30.3 Å². The summed E-state index contributed by atoms with van der Waals surface area (Å²) in [5.41, 5.74) is 6.74. The van der Waals surface area contributed by atoms with E-state index in [1.54, 1.807) is 0 Å². The van der Waals surface area contributed by atoms with E-state index in [4.69, 9.17) is 10.5 Å². The first-order chi connectivity index (χ1) is 8.86. The minimum Gasteiger partial charge on any atom is -0.381 e. The van der Waals surface area contributed by atoms with Crippen molar-refractivity contribution in [2.24, 2.45) is 5.73 Å². The van der Waals surface area contributed by atoms with Gasteiger partial charge in [0.15, 0.2) is 5.82 Å². The Morgan fingerprint density at radius 1 is 1.17 bits per heavy atom. The second kappa shape index (κ2) is 6.28. The molecule has 0 aliphatic rings. The van der Waals surface area contributed by atoms with E-state index >= 15 is 0 Å². The van der Waals surface area contributed by atoms with Gasteiger partial charge in [-0.25, -0.2) is 0 Å². The van der Waals surface area contributed by atoms with Crippen molar-refractivity contribution in [2.75, 3.05) is 13.2 Å². The molecule has 0 atom stereocenters. The Balaban J connectivity index is 2.28. The molecule has 2 rings (SSSR count). The van der Waals surface area contributed by atoms with E-state index in [-0.39, 0.29) is 0 Å². The summed E-state index contributed by atoms with van der Waals surface area (Å²) in [4.78, 5) is 0. The van der Waals surface area contributed by atoms with Crippen molar-refractivity contribution >= 4 is 0 Å². The Bertz CT molecular complexity index is 481. The second-order valence-electron chi connectivity index (χ2n) is 3.85. The predicted molar refractivity (Wildman–Crippen MR) is 69.4 cm³/mol. The SMILES string of the molecule is CCOCCc1nnc(CN)n1-c1ccccc1. The topological polar surface area (TPSA) is 66.0 Å². The molecule has 0 unspecified atom stereocenters. The summed E-state index contributed by atoms with van der Waals surface area (Å²) in [6.07, 6.45) is 0.732. The molecule has 2 N–H and O–H groups in total. The smallest absolute Gasteiger partial charge is 0.151 e. The van der Waals surface area contributed by atoms with E-state index in [0.717, 1.165) is 23.8 Å². The first-order valence-corrected chi connectivity index (χ1v) is 6.13. The van der Waals surface area contributed by atoms with Crippen LogP contribution >= 0.6 is 0 Å². The van der Waals surface area contributed by atoms with Crippen molar-refractivity contribution in [3.8, 4) is 5.69 Å². The van der Waals surface area contributed by atoms with E-state index in [0.29, 0.717) is 19.8 Å². The van der Waals surface area contributed by atoms with Gasteiger partial charge >= 0.3 is 0 Å². The van der Waals surface area contributed by atoms with Gasteiger partial charge in [0.05, 0.1) is 13.2 Å². The van der Waals surface area contributed by atoms with E-state index < -0.39 is 0 Å². The number of ether oxygens (including phenoxy) is 1. The lowest BCUT2D eigenvalue weighted by Crippen LogP contribution is -2.11. The molecule has 0 saturated carbocycles. The zero-order valence-electron chi connectivity index (χ0n) is 10.5. The zero-order valence-corrected chi connectivity index (χ0v) is 10.5. The number of hydrogen-bond acceptors (Lipinski definition) is 4. The van der Waals surface area contributed by atoms with Gasteiger partial charge in [0.25, 0.3) is 0 Å². The maximum atomic E-state index is 5.70. The first-order valence-electron chi connectivity index (χ1n) is 6.13. The summed E-state index contributed by atoms with van der Waals surface area (Å²) in [6, 6.07) is 10.00. The van der Waals surface area contributed by atoms with Crippen LogP contribution in [0.5, 0.6) is 0 Å². The third-order valence-corrected chi connectivity index (χ3v) is 2.67. The molecule has 1 aromatic carbocycles. The Hall–Kier alpha value is -1.72. The lowest BCUT2D eigenvalue weighted by atomic mass is 10.3. The number of para-hydroxylation sites is 1. The number of benzene rings is 1. The van der Waals surface area contributed by atoms with Crippen LogP contribution in [0.4, 0.5) is 0 Å². The minimum absolute atomic E-state index is 0.372. The number of rotatable bonds is 6. The standard InChI is InChI=1S/C13H18N4O/c1-2-18-9-8-12-15-16-13(10-14)17(12)11-6-4-3-5-7-11/h3-7H,2,8-10,14H2,1H3. The van der Waals surface area contributed by atoms with Crippen molar-refractivity contribution in [1.29, 1.82) is 0 Å². The Morgan fingerprint density at radius 3 is 2.56 bits per heavy atom. The molecule has 0 aliphatic carbocycles. The zero-order chi connectivity index (χ0) is 12.8. The molecular weight excluding hydrogens is 228 g/mol. The van der Waals surface area contributed by atoms with Gasteiger partial charge in [0.1, 0.15) is 5.82 Å². The van der Waals surface area contributed by atoms with Gasteiger partial charge in [0, 0.05) is 18.7 Å². The lowest BCUT2D eigenvalue weighted by Gasteiger charge is -2.09. The fraction of sp³-hybridized carbons (Fsp3) is 0.385. The normalized spacial score (nSPS) is 10.8. The molecular formula is C13H18N4O. The molecule has 0 amide bonds. The number of aromatic nitrogens is 3. The van der Waals surface area contributed by atoms with Gasteiger partial charge in [-0.15, -0.1) is 10.2 Å². The Kier molecular flexibility index (Phi) is 4.44. The maximum absolute atomic E-state index is 5.70. The average molecular weight is 246 g/mol. The number of nitrogens with two attached hydrogens (primary N) is 1. The van der Waals surface area contributed by atoms with Crippen molar-refractivity contribution in [2.45, 2.75) is 19.9 Å². The lowest BCUT2D eigenvalue weighted by molar-refractivity contribution is 0.149. The molecule has 1 heterocycles. The van der Waals surface area contributed by atoms with E-state index in [9.17, 15) is 0 Å². The highest BCUT2D eigenvalue weighted by molar-refractivity contribution is 5.34. The molecule has 0 bridgehead atoms. The molecule has 96 valence electrons. The third kappa shape index (κ3) is 2.75. The predicted octanol–water partition coefficient (Wildman–Crippen LogP) is 1.30. The van der Waals surface area contributed by atoms with Gasteiger partial charge in [0.2, 0.25) is 0 Å². The quantitative estimate of drug-likeness (QED) is 0.780. The molecule has 2 aromatic rings. The van der Waals surface area contributed by atoms with Crippen molar-refractivity contribution < 1.29 is 4.74 Å². The van der Waals surface area contributed by atoms with Crippen LogP contribution in [0.3, 0.4) is 0 Å².